The summed E-state index contributed by atoms with van der Waals surface area (Å²) in [6.07, 6.45) is 3.32. The lowest BCUT2D eigenvalue weighted by Gasteiger charge is -2.35. The van der Waals surface area contributed by atoms with Crippen molar-refractivity contribution in [3.05, 3.63) is 0 Å². The molecule has 0 saturated carbocycles. The fraction of sp³-hybridized carbons (Fsp3) is 0.909. The van der Waals surface area contributed by atoms with Gasteiger partial charge in [0.05, 0.1) is 0 Å². The summed E-state index contributed by atoms with van der Waals surface area (Å²) in [4.78, 5) is 10.8. The molecule has 1 N–H and O–H groups in total. The molecule has 1 unspecified atom stereocenters. The molecule has 1 rings (SSSR count). The molecule has 0 spiro atoms. The van der Waals surface area contributed by atoms with E-state index in [1.165, 1.54) is 4.31 Å². The van der Waals surface area contributed by atoms with Crippen molar-refractivity contribution in [1.29, 1.82) is 0 Å². The number of carboxylic acid groups (broad SMARTS) is 1. The normalized spacial score (nSPS) is 22.3. The molecule has 1 saturated heterocycles. The minimum absolute atomic E-state index is 0.0445. The van der Waals surface area contributed by atoms with Gasteiger partial charge in [0.1, 0.15) is 6.54 Å². The van der Waals surface area contributed by atoms with Crippen molar-refractivity contribution in [2.24, 2.45) is 0 Å². The van der Waals surface area contributed by atoms with Crippen LogP contribution in [0.1, 0.15) is 39.5 Å². The van der Waals surface area contributed by atoms with Gasteiger partial charge in [-0.3, -0.25) is 4.79 Å². The van der Waals surface area contributed by atoms with E-state index in [4.69, 9.17) is 5.11 Å². The summed E-state index contributed by atoms with van der Waals surface area (Å²) in [5, 5.41) is 8.81. The van der Waals surface area contributed by atoms with Gasteiger partial charge < -0.3 is 5.11 Å². The molecular formula is C11H22N2O4S. The highest BCUT2D eigenvalue weighted by atomic mass is 32.2. The molecule has 1 heterocycles. The first-order valence-corrected chi connectivity index (χ1v) is 7.78. The second-order valence-electron chi connectivity index (χ2n) is 4.69. The first-order valence-electron chi connectivity index (χ1n) is 6.38. The number of nitrogens with zero attached hydrogens (tertiary/aromatic N) is 2. The highest BCUT2D eigenvalue weighted by molar-refractivity contribution is 7.86. The van der Waals surface area contributed by atoms with Crippen molar-refractivity contribution in [3.8, 4) is 0 Å². The lowest BCUT2D eigenvalue weighted by atomic mass is 10.1. The Labute approximate surface area is 109 Å². The molecule has 1 fully saturated rings. The lowest BCUT2D eigenvalue weighted by Crippen LogP contribution is -2.51. The molecule has 0 aromatic heterocycles. The smallest absolute Gasteiger partial charge is 0.318 e. The van der Waals surface area contributed by atoms with Gasteiger partial charge in [-0.1, -0.05) is 13.3 Å². The summed E-state index contributed by atoms with van der Waals surface area (Å²) < 4.78 is 27.3. The Kier molecular flexibility index (Phi) is 5.55. The van der Waals surface area contributed by atoms with Crippen molar-refractivity contribution >= 4 is 16.2 Å². The maximum Gasteiger partial charge on any atom is 0.318 e. The Morgan fingerprint density at radius 1 is 1.44 bits per heavy atom. The summed E-state index contributed by atoms with van der Waals surface area (Å²) in [6.45, 7) is 3.99. The number of piperidine rings is 1. The molecule has 1 atom stereocenters. The predicted octanol–water partition coefficient (Wildman–Crippen LogP) is 0.902. The van der Waals surface area contributed by atoms with Crippen molar-refractivity contribution in [3.63, 3.8) is 0 Å². The Morgan fingerprint density at radius 3 is 2.61 bits per heavy atom. The average Bonchev–Trinajstić information content (AvgIpc) is 2.28. The molecule has 1 aliphatic rings. The SMILES string of the molecule is CCCN(CC(=O)O)S(=O)(=O)N1CCCCC1C. The van der Waals surface area contributed by atoms with Crippen LogP contribution in [0.3, 0.4) is 0 Å². The fourth-order valence-corrected chi connectivity index (χ4v) is 4.14. The molecule has 0 aliphatic carbocycles. The first kappa shape index (κ1) is 15.4. The van der Waals surface area contributed by atoms with Gasteiger partial charge in [0, 0.05) is 19.1 Å². The van der Waals surface area contributed by atoms with Gasteiger partial charge in [-0.05, 0) is 26.2 Å². The topological polar surface area (TPSA) is 77.9 Å². The first-order chi connectivity index (χ1) is 8.39. The highest BCUT2D eigenvalue weighted by Gasteiger charge is 2.34. The molecule has 0 radical (unpaired) electrons. The quantitative estimate of drug-likeness (QED) is 0.783. The van der Waals surface area contributed by atoms with Crippen LogP contribution in [0.4, 0.5) is 0 Å². The van der Waals surface area contributed by atoms with Crippen LogP contribution in [-0.4, -0.2) is 53.8 Å². The molecule has 0 amide bonds. The summed E-state index contributed by atoms with van der Waals surface area (Å²) in [5.74, 6) is -1.11. The second kappa shape index (κ2) is 6.49. The largest absolute Gasteiger partial charge is 0.480 e. The number of carbonyl (C=O) groups is 1. The molecule has 18 heavy (non-hydrogen) atoms. The van der Waals surface area contributed by atoms with Gasteiger partial charge in [-0.2, -0.15) is 17.0 Å². The number of hydrogen-bond acceptors (Lipinski definition) is 3. The molecular weight excluding hydrogens is 256 g/mol. The number of aliphatic carboxylic acids is 1. The maximum atomic E-state index is 12.4. The van der Waals surface area contributed by atoms with Crippen LogP contribution in [0.25, 0.3) is 0 Å². The number of hydrogen-bond donors (Lipinski definition) is 1. The lowest BCUT2D eigenvalue weighted by molar-refractivity contribution is -0.137. The van der Waals surface area contributed by atoms with E-state index in [2.05, 4.69) is 0 Å². The number of carboxylic acids is 1. The van der Waals surface area contributed by atoms with Gasteiger partial charge in [0.25, 0.3) is 10.2 Å². The van der Waals surface area contributed by atoms with Crippen molar-refractivity contribution < 1.29 is 18.3 Å². The van der Waals surface area contributed by atoms with E-state index in [-0.39, 0.29) is 12.6 Å². The molecule has 6 nitrogen and oxygen atoms in total. The van der Waals surface area contributed by atoms with Crippen molar-refractivity contribution in [2.45, 2.75) is 45.6 Å². The average molecular weight is 278 g/mol. The Morgan fingerprint density at radius 2 is 2.11 bits per heavy atom. The third kappa shape index (κ3) is 3.66. The van der Waals surface area contributed by atoms with Crippen LogP contribution in [0.5, 0.6) is 0 Å². The van der Waals surface area contributed by atoms with Crippen LogP contribution in [0.2, 0.25) is 0 Å². The molecule has 7 heteroatoms. The minimum Gasteiger partial charge on any atom is -0.480 e. The van der Waals surface area contributed by atoms with E-state index in [1.54, 1.807) is 0 Å². The van der Waals surface area contributed by atoms with E-state index in [1.807, 2.05) is 13.8 Å². The minimum atomic E-state index is -3.64. The molecule has 106 valence electrons. The van der Waals surface area contributed by atoms with Gasteiger partial charge in [0.2, 0.25) is 0 Å². The third-order valence-corrected chi connectivity index (χ3v) is 5.25. The maximum absolute atomic E-state index is 12.4. The van der Waals surface area contributed by atoms with E-state index < -0.39 is 22.7 Å². The summed E-state index contributed by atoms with van der Waals surface area (Å²) in [5.41, 5.74) is 0. The van der Waals surface area contributed by atoms with E-state index in [9.17, 15) is 13.2 Å². The zero-order valence-corrected chi connectivity index (χ0v) is 11.8. The summed E-state index contributed by atoms with van der Waals surface area (Å²) >= 11 is 0. The Bertz CT molecular complexity index is 383. The third-order valence-electron chi connectivity index (χ3n) is 3.15. The summed E-state index contributed by atoms with van der Waals surface area (Å²) in [7, 11) is -3.64. The van der Waals surface area contributed by atoms with Crippen LogP contribution < -0.4 is 0 Å². The molecule has 1 aliphatic heterocycles. The zero-order chi connectivity index (χ0) is 13.8. The standard InChI is InChI=1S/C11H22N2O4S/c1-3-7-12(9-11(14)15)18(16,17)13-8-5-4-6-10(13)2/h10H,3-9H2,1-2H3,(H,14,15). The highest BCUT2D eigenvalue weighted by Crippen LogP contribution is 2.22. The monoisotopic (exact) mass is 278 g/mol. The van der Waals surface area contributed by atoms with Gasteiger partial charge in [-0.25, -0.2) is 0 Å². The van der Waals surface area contributed by atoms with Gasteiger partial charge in [-0.15, -0.1) is 0 Å². The fourth-order valence-electron chi connectivity index (χ4n) is 2.24. The van der Waals surface area contributed by atoms with Crippen LogP contribution >= 0.6 is 0 Å². The Hall–Kier alpha value is -0.660. The Balaban J connectivity index is 2.88. The molecule has 0 aromatic rings. The predicted molar refractivity (Wildman–Crippen MR) is 68.4 cm³/mol. The van der Waals surface area contributed by atoms with Crippen LogP contribution in [0, 0.1) is 0 Å². The van der Waals surface area contributed by atoms with Crippen molar-refractivity contribution in [2.75, 3.05) is 19.6 Å². The molecule has 0 bridgehead atoms. The zero-order valence-electron chi connectivity index (χ0n) is 11.0. The molecule has 0 aromatic carbocycles. The van der Waals surface area contributed by atoms with Crippen molar-refractivity contribution in [1.82, 2.24) is 8.61 Å². The van der Waals surface area contributed by atoms with E-state index in [0.29, 0.717) is 13.0 Å². The number of rotatable bonds is 6. The van der Waals surface area contributed by atoms with E-state index in [0.717, 1.165) is 23.6 Å². The second-order valence-corrected chi connectivity index (χ2v) is 6.57. The summed E-state index contributed by atoms with van der Waals surface area (Å²) in [6, 6.07) is -0.0445. The van der Waals surface area contributed by atoms with Gasteiger partial charge in [0.15, 0.2) is 0 Å². The van der Waals surface area contributed by atoms with Crippen LogP contribution in [-0.2, 0) is 15.0 Å². The van der Waals surface area contributed by atoms with E-state index >= 15 is 0 Å². The van der Waals surface area contributed by atoms with Gasteiger partial charge >= 0.3 is 5.97 Å². The van der Waals surface area contributed by atoms with Crippen LogP contribution in [0.15, 0.2) is 0 Å².